The number of rotatable bonds is 4. The molecule has 6 nitrogen and oxygen atoms in total. The third kappa shape index (κ3) is 3.40. The molecule has 1 aliphatic carbocycles. The van der Waals surface area contributed by atoms with Crippen molar-refractivity contribution < 1.29 is 4.74 Å². The minimum absolute atomic E-state index is 0.356. The van der Waals surface area contributed by atoms with Crippen molar-refractivity contribution >= 4 is 22.4 Å². The number of aromatic nitrogens is 3. The van der Waals surface area contributed by atoms with Crippen molar-refractivity contribution in [3.63, 3.8) is 0 Å². The summed E-state index contributed by atoms with van der Waals surface area (Å²) in [7, 11) is 0. The molecule has 0 atom stereocenters. The van der Waals surface area contributed by atoms with Gasteiger partial charge in [-0.3, -0.25) is 0 Å². The number of nitrogen functional groups attached to an aromatic ring is 1. The molecule has 6 heteroatoms. The van der Waals surface area contributed by atoms with Gasteiger partial charge < -0.3 is 15.8 Å². The van der Waals surface area contributed by atoms with E-state index in [1.54, 1.807) is 0 Å². The van der Waals surface area contributed by atoms with Crippen LogP contribution in [-0.4, -0.2) is 21.0 Å². The molecule has 0 amide bonds. The Labute approximate surface area is 152 Å². The smallest absolute Gasteiger partial charge is 0.248 e. The van der Waals surface area contributed by atoms with Crippen molar-refractivity contribution in [1.82, 2.24) is 15.0 Å². The molecule has 134 valence electrons. The molecule has 0 radical (unpaired) electrons. The normalized spacial score (nSPS) is 15.1. The molecule has 0 spiro atoms. The summed E-state index contributed by atoms with van der Waals surface area (Å²) < 4.78 is 6.03. The van der Waals surface area contributed by atoms with Gasteiger partial charge in [0.2, 0.25) is 5.88 Å². The number of nitrogens with two attached hydrogens (primary N) is 1. The van der Waals surface area contributed by atoms with Crippen LogP contribution in [0, 0.1) is 6.92 Å². The third-order valence-electron chi connectivity index (χ3n) is 4.82. The number of aryl methyl sites for hydroxylation is 1. The first kappa shape index (κ1) is 16.6. The van der Waals surface area contributed by atoms with Crippen LogP contribution < -0.4 is 15.8 Å². The first-order valence-electron chi connectivity index (χ1n) is 9.12. The average Bonchev–Trinajstić information content (AvgIpc) is 2.66. The lowest BCUT2D eigenvalue weighted by Gasteiger charge is -2.24. The highest BCUT2D eigenvalue weighted by molar-refractivity contribution is 5.85. The number of para-hydroxylation sites is 1. The van der Waals surface area contributed by atoms with E-state index in [0.29, 0.717) is 29.2 Å². The van der Waals surface area contributed by atoms with Crippen LogP contribution in [0.1, 0.15) is 37.8 Å². The van der Waals surface area contributed by atoms with Crippen molar-refractivity contribution in [3.8, 4) is 11.6 Å². The number of anilines is 2. The van der Waals surface area contributed by atoms with Gasteiger partial charge in [0.25, 0.3) is 0 Å². The molecule has 0 bridgehead atoms. The number of ether oxygens (including phenoxy) is 1. The second kappa shape index (κ2) is 7.15. The van der Waals surface area contributed by atoms with E-state index in [0.717, 1.165) is 29.4 Å². The summed E-state index contributed by atoms with van der Waals surface area (Å²) in [5.41, 5.74) is 8.46. The molecule has 3 N–H and O–H groups in total. The quantitative estimate of drug-likeness (QED) is 0.723. The first-order valence-corrected chi connectivity index (χ1v) is 9.12. The molecule has 2 aromatic heterocycles. The third-order valence-corrected chi connectivity index (χ3v) is 4.82. The van der Waals surface area contributed by atoms with E-state index in [4.69, 9.17) is 10.5 Å². The maximum absolute atomic E-state index is 6.29. The standard InChI is InChI=1S/C20H23N5O/c1-13-10-11-14-6-5-9-16(18(14)24-13)26-20-17(21)19(22-12-23-20)25-15-7-3-2-4-8-15/h5-6,9-12,15H,2-4,7-8,21H2,1H3,(H,22,23,25). The van der Waals surface area contributed by atoms with E-state index in [9.17, 15) is 0 Å². The predicted molar refractivity (Wildman–Crippen MR) is 103 cm³/mol. The van der Waals surface area contributed by atoms with Gasteiger partial charge >= 0.3 is 0 Å². The fraction of sp³-hybridized carbons (Fsp3) is 0.350. The molecule has 26 heavy (non-hydrogen) atoms. The SMILES string of the molecule is Cc1ccc2cccc(Oc3ncnc(NC4CCCCC4)c3N)c2n1. The second-order valence-electron chi connectivity index (χ2n) is 6.80. The van der Waals surface area contributed by atoms with Gasteiger partial charge in [-0.2, -0.15) is 4.98 Å². The van der Waals surface area contributed by atoms with Gasteiger partial charge in [-0.15, -0.1) is 0 Å². The zero-order chi connectivity index (χ0) is 17.9. The minimum Gasteiger partial charge on any atom is -0.435 e. The lowest BCUT2D eigenvalue weighted by Crippen LogP contribution is -2.23. The van der Waals surface area contributed by atoms with Gasteiger partial charge in [0.1, 0.15) is 17.5 Å². The molecule has 2 heterocycles. The number of nitrogens with zero attached hydrogens (tertiary/aromatic N) is 3. The molecule has 0 saturated heterocycles. The van der Waals surface area contributed by atoms with Crippen LogP contribution >= 0.6 is 0 Å². The zero-order valence-corrected chi connectivity index (χ0v) is 14.9. The Morgan fingerprint density at radius 2 is 1.92 bits per heavy atom. The molecular formula is C20H23N5O. The maximum Gasteiger partial charge on any atom is 0.248 e. The summed E-state index contributed by atoms with van der Waals surface area (Å²) in [4.78, 5) is 13.1. The molecule has 1 fully saturated rings. The molecule has 0 unspecified atom stereocenters. The average molecular weight is 349 g/mol. The van der Waals surface area contributed by atoms with E-state index in [2.05, 4.69) is 20.3 Å². The van der Waals surface area contributed by atoms with Crippen LogP contribution in [-0.2, 0) is 0 Å². The van der Waals surface area contributed by atoms with Crippen LogP contribution in [0.25, 0.3) is 10.9 Å². The Morgan fingerprint density at radius 1 is 1.08 bits per heavy atom. The topological polar surface area (TPSA) is 86.0 Å². The van der Waals surface area contributed by atoms with Crippen molar-refractivity contribution in [2.75, 3.05) is 11.1 Å². The largest absolute Gasteiger partial charge is 0.435 e. The fourth-order valence-corrected chi connectivity index (χ4v) is 3.42. The number of hydrogen-bond donors (Lipinski definition) is 2. The summed E-state index contributed by atoms with van der Waals surface area (Å²) in [5.74, 6) is 1.64. The predicted octanol–water partition coefficient (Wildman–Crippen LogP) is 4.45. The van der Waals surface area contributed by atoms with Gasteiger partial charge in [-0.1, -0.05) is 37.5 Å². The molecule has 1 aromatic carbocycles. The van der Waals surface area contributed by atoms with E-state index in [-0.39, 0.29) is 0 Å². The van der Waals surface area contributed by atoms with E-state index >= 15 is 0 Å². The van der Waals surface area contributed by atoms with Crippen molar-refractivity contribution in [3.05, 3.63) is 42.4 Å². The van der Waals surface area contributed by atoms with E-state index in [1.807, 2.05) is 37.3 Å². The van der Waals surface area contributed by atoms with Crippen LogP contribution in [0.15, 0.2) is 36.7 Å². The van der Waals surface area contributed by atoms with Gasteiger partial charge in [-0.05, 0) is 31.9 Å². The van der Waals surface area contributed by atoms with Gasteiger partial charge in [0, 0.05) is 17.1 Å². The molecule has 0 aliphatic heterocycles. The van der Waals surface area contributed by atoms with E-state index < -0.39 is 0 Å². The first-order chi connectivity index (χ1) is 12.7. The fourth-order valence-electron chi connectivity index (χ4n) is 3.42. The Bertz CT molecular complexity index is 921. The highest BCUT2D eigenvalue weighted by atomic mass is 16.5. The Kier molecular flexibility index (Phi) is 4.56. The summed E-state index contributed by atoms with van der Waals surface area (Å²) in [6.07, 6.45) is 7.57. The van der Waals surface area contributed by atoms with Gasteiger partial charge in [0.15, 0.2) is 11.6 Å². The molecule has 3 aromatic rings. The van der Waals surface area contributed by atoms with Crippen LogP contribution in [0.2, 0.25) is 0 Å². The van der Waals surface area contributed by atoms with Crippen LogP contribution in [0.4, 0.5) is 11.5 Å². The molecule has 1 aliphatic rings. The highest BCUT2D eigenvalue weighted by Gasteiger charge is 2.17. The van der Waals surface area contributed by atoms with Crippen LogP contribution in [0.3, 0.4) is 0 Å². The second-order valence-corrected chi connectivity index (χ2v) is 6.80. The van der Waals surface area contributed by atoms with Crippen molar-refractivity contribution in [2.45, 2.75) is 45.1 Å². The minimum atomic E-state index is 0.356. The Balaban J connectivity index is 1.62. The number of benzene rings is 1. The number of hydrogen-bond acceptors (Lipinski definition) is 6. The highest BCUT2D eigenvalue weighted by Crippen LogP contribution is 2.33. The lowest BCUT2D eigenvalue weighted by atomic mass is 9.95. The number of fused-ring (bicyclic) bond motifs is 1. The summed E-state index contributed by atoms with van der Waals surface area (Å²) >= 11 is 0. The summed E-state index contributed by atoms with van der Waals surface area (Å²) in [6, 6.07) is 10.3. The maximum atomic E-state index is 6.29. The lowest BCUT2D eigenvalue weighted by molar-refractivity contribution is 0.458. The van der Waals surface area contributed by atoms with E-state index in [1.165, 1.54) is 25.6 Å². The Hall–Kier alpha value is -2.89. The monoisotopic (exact) mass is 349 g/mol. The Morgan fingerprint density at radius 3 is 2.77 bits per heavy atom. The van der Waals surface area contributed by atoms with Crippen LogP contribution in [0.5, 0.6) is 11.6 Å². The van der Waals surface area contributed by atoms with Crippen molar-refractivity contribution in [2.24, 2.45) is 0 Å². The zero-order valence-electron chi connectivity index (χ0n) is 14.9. The number of nitrogens with one attached hydrogen (secondary N) is 1. The number of pyridine rings is 1. The summed E-state index contributed by atoms with van der Waals surface area (Å²) in [5, 5.41) is 4.46. The summed E-state index contributed by atoms with van der Waals surface area (Å²) in [6.45, 7) is 1.96. The molecule has 4 rings (SSSR count). The van der Waals surface area contributed by atoms with Gasteiger partial charge in [-0.25, -0.2) is 9.97 Å². The molecule has 1 saturated carbocycles. The molecular weight excluding hydrogens is 326 g/mol. The van der Waals surface area contributed by atoms with Gasteiger partial charge in [0.05, 0.1) is 0 Å². The van der Waals surface area contributed by atoms with Crippen molar-refractivity contribution in [1.29, 1.82) is 0 Å².